The summed E-state index contributed by atoms with van der Waals surface area (Å²) >= 11 is 19.3. The van der Waals surface area contributed by atoms with Gasteiger partial charge in [0.25, 0.3) is 0 Å². The van der Waals surface area contributed by atoms with Gasteiger partial charge in [0.15, 0.2) is 5.84 Å². The molecular weight excluding hydrogens is 339 g/mol. The van der Waals surface area contributed by atoms with Crippen LogP contribution in [-0.4, -0.2) is 11.0 Å². The average molecular weight is 348 g/mol. The van der Waals surface area contributed by atoms with Gasteiger partial charge in [-0.15, -0.1) is 0 Å². The van der Waals surface area contributed by atoms with Gasteiger partial charge < -0.3 is 10.9 Å². The molecule has 0 aliphatic rings. The Morgan fingerprint density at radius 3 is 2.45 bits per heavy atom. The first-order valence-electron chi connectivity index (χ1n) is 5.42. The van der Waals surface area contributed by atoms with Gasteiger partial charge in [-0.25, -0.2) is 0 Å². The van der Waals surface area contributed by atoms with Crippen molar-refractivity contribution in [3.63, 3.8) is 0 Å². The van der Waals surface area contributed by atoms with Crippen molar-refractivity contribution in [2.24, 2.45) is 10.9 Å². The van der Waals surface area contributed by atoms with Gasteiger partial charge in [-0.3, -0.25) is 0 Å². The van der Waals surface area contributed by atoms with Gasteiger partial charge in [-0.2, -0.15) is 0 Å². The average Bonchev–Trinajstić information content (AvgIpc) is 2.42. The van der Waals surface area contributed by atoms with Crippen LogP contribution in [0, 0.1) is 0 Å². The minimum atomic E-state index is -0.0434. The number of halogens is 3. The molecule has 2 aromatic rings. The van der Waals surface area contributed by atoms with Gasteiger partial charge in [0, 0.05) is 9.79 Å². The highest BCUT2D eigenvalue weighted by molar-refractivity contribution is 7.99. The maximum Gasteiger partial charge on any atom is 0.172 e. The van der Waals surface area contributed by atoms with Crippen LogP contribution in [-0.2, 0) is 0 Å². The molecule has 0 radical (unpaired) electrons. The summed E-state index contributed by atoms with van der Waals surface area (Å²) in [6.07, 6.45) is 0. The Hall–Kier alpha value is -1.07. The first-order chi connectivity index (χ1) is 9.52. The van der Waals surface area contributed by atoms with Gasteiger partial charge >= 0.3 is 0 Å². The van der Waals surface area contributed by atoms with Crippen LogP contribution in [0.4, 0.5) is 0 Å². The lowest BCUT2D eigenvalue weighted by atomic mass is 10.2. The number of nitrogens with zero attached hydrogens (tertiary/aromatic N) is 1. The summed E-state index contributed by atoms with van der Waals surface area (Å²) in [6.45, 7) is 0. The Balaban J connectivity index is 2.43. The zero-order valence-electron chi connectivity index (χ0n) is 9.98. The van der Waals surface area contributed by atoms with Crippen molar-refractivity contribution < 1.29 is 5.21 Å². The Labute approximate surface area is 135 Å². The molecule has 0 saturated heterocycles. The molecule has 0 unspecified atom stereocenters. The van der Waals surface area contributed by atoms with E-state index >= 15 is 0 Å². The highest BCUT2D eigenvalue weighted by Gasteiger charge is 2.13. The molecule has 3 N–H and O–H groups in total. The molecule has 0 saturated carbocycles. The number of amidine groups is 1. The number of rotatable bonds is 3. The van der Waals surface area contributed by atoms with E-state index in [0.717, 1.165) is 9.79 Å². The molecular formula is C13H9Cl3N2OS. The van der Waals surface area contributed by atoms with Crippen LogP contribution in [0.2, 0.25) is 15.1 Å². The summed E-state index contributed by atoms with van der Waals surface area (Å²) in [4.78, 5) is 1.62. The molecule has 0 spiro atoms. The van der Waals surface area contributed by atoms with Crippen molar-refractivity contribution in [1.82, 2.24) is 0 Å². The summed E-state index contributed by atoms with van der Waals surface area (Å²) in [5, 5.41) is 13.2. The van der Waals surface area contributed by atoms with Gasteiger partial charge in [-0.05, 0) is 30.3 Å². The fourth-order valence-corrected chi connectivity index (χ4v) is 3.28. The van der Waals surface area contributed by atoms with E-state index in [9.17, 15) is 0 Å². The zero-order valence-corrected chi connectivity index (χ0v) is 13.1. The largest absolute Gasteiger partial charge is 0.409 e. The van der Waals surface area contributed by atoms with E-state index in [2.05, 4.69) is 5.16 Å². The highest BCUT2D eigenvalue weighted by atomic mass is 35.5. The van der Waals surface area contributed by atoms with E-state index < -0.39 is 0 Å². The molecule has 0 atom stereocenters. The Bertz CT molecular complexity index is 677. The van der Waals surface area contributed by atoms with Crippen molar-refractivity contribution in [3.05, 3.63) is 57.0 Å². The topological polar surface area (TPSA) is 58.6 Å². The third kappa shape index (κ3) is 3.33. The van der Waals surface area contributed by atoms with Crippen molar-refractivity contribution in [2.45, 2.75) is 9.79 Å². The van der Waals surface area contributed by atoms with E-state index in [4.69, 9.17) is 45.7 Å². The fourth-order valence-electron chi connectivity index (χ4n) is 1.56. The molecule has 0 amide bonds. The lowest BCUT2D eigenvalue weighted by molar-refractivity contribution is 0.318. The standard InChI is InChI=1S/C13H9Cl3N2OS/c14-8-5-4-7(6-10(8)16)20-11-3-1-2-9(15)12(11)13(17)18-19/h1-6,19H,(H2,17,18). The van der Waals surface area contributed by atoms with E-state index in [1.807, 2.05) is 12.1 Å². The quantitative estimate of drug-likeness (QED) is 0.359. The van der Waals surface area contributed by atoms with E-state index in [1.165, 1.54) is 11.8 Å². The van der Waals surface area contributed by atoms with Crippen LogP contribution in [0.25, 0.3) is 0 Å². The molecule has 0 aromatic heterocycles. The predicted molar refractivity (Wildman–Crippen MR) is 84.5 cm³/mol. The normalized spacial score (nSPS) is 11.7. The molecule has 0 aliphatic carbocycles. The summed E-state index contributed by atoms with van der Waals surface area (Å²) in [6, 6.07) is 10.6. The van der Waals surface area contributed by atoms with Crippen LogP contribution < -0.4 is 5.73 Å². The first-order valence-corrected chi connectivity index (χ1v) is 7.37. The summed E-state index contributed by atoms with van der Waals surface area (Å²) in [5.41, 5.74) is 6.14. The second-order valence-corrected chi connectivity index (χ2v) is 6.11. The molecule has 2 rings (SSSR count). The Morgan fingerprint density at radius 1 is 1.05 bits per heavy atom. The van der Waals surface area contributed by atoms with E-state index in [-0.39, 0.29) is 5.84 Å². The summed E-state index contributed by atoms with van der Waals surface area (Å²) < 4.78 is 0. The minimum absolute atomic E-state index is 0.0434. The Morgan fingerprint density at radius 2 is 1.80 bits per heavy atom. The van der Waals surface area contributed by atoms with Crippen molar-refractivity contribution >= 4 is 52.4 Å². The van der Waals surface area contributed by atoms with E-state index in [1.54, 1.807) is 24.3 Å². The maximum absolute atomic E-state index is 8.84. The molecule has 3 nitrogen and oxygen atoms in total. The molecule has 104 valence electrons. The van der Waals surface area contributed by atoms with Crippen LogP contribution in [0.5, 0.6) is 0 Å². The molecule has 0 fully saturated rings. The fraction of sp³-hybridized carbons (Fsp3) is 0. The number of benzene rings is 2. The second kappa shape index (κ2) is 6.59. The van der Waals surface area contributed by atoms with Crippen LogP contribution in [0.3, 0.4) is 0 Å². The minimum Gasteiger partial charge on any atom is -0.409 e. The first kappa shape index (κ1) is 15.3. The van der Waals surface area contributed by atoms with Gasteiger partial charge in [0.1, 0.15) is 0 Å². The van der Waals surface area contributed by atoms with Crippen molar-refractivity contribution in [3.8, 4) is 0 Å². The molecule has 0 aliphatic heterocycles. The predicted octanol–water partition coefficient (Wildman–Crippen LogP) is 4.89. The zero-order chi connectivity index (χ0) is 14.7. The summed E-state index contributed by atoms with van der Waals surface area (Å²) in [5.74, 6) is -0.0434. The smallest absolute Gasteiger partial charge is 0.172 e. The number of nitrogens with two attached hydrogens (primary N) is 1. The number of hydrogen-bond donors (Lipinski definition) is 2. The third-order valence-electron chi connectivity index (χ3n) is 2.46. The van der Waals surface area contributed by atoms with Crippen LogP contribution in [0.1, 0.15) is 5.56 Å². The SMILES string of the molecule is NC(=NO)c1c(Cl)cccc1Sc1ccc(Cl)c(Cl)c1. The lowest BCUT2D eigenvalue weighted by Gasteiger charge is -2.10. The number of hydrogen-bond acceptors (Lipinski definition) is 3. The number of oxime groups is 1. The van der Waals surface area contributed by atoms with Crippen molar-refractivity contribution in [2.75, 3.05) is 0 Å². The second-order valence-electron chi connectivity index (χ2n) is 3.78. The molecule has 0 heterocycles. The molecule has 7 heteroatoms. The van der Waals surface area contributed by atoms with Gasteiger partial charge in [-0.1, -0.05) is 57.8 Å². The van der Waals surface area contributed by atoms with Crippen molar-refractivity contribution in [1.29, 1.82) is 0 Å². The van der Waals surface area contributed by atoms with Crippen LogP contribution in [0.15, 0.2) is 51.3 Å². The van der Waals surface area contributed by atoms with Gasteiger partial charge in [0.05, 0.1) is 20.6 Å². The van der Waals surface area contributed by atoms with Gasteiger partial charge in [0.2, 0.25) is 0 Å². The van der Waals surface area contributed by atoms with E-state index in [0.29, 0.717) is 20.6 Å². The monoisotopic (exact) mass is 346 g/mol. The lowest BCUT2D eigenvalue weighted by Crippen LogP contribution is -2.14. The molecule has 20 heavy (non-hydrogen) atoms. The molecule has 0 bridgehead atoms. The van der Waals surface area contributed by atoms with Crippen LogP contribution >= 0.6 is 46.6 Å². The molecule has 2 aromatic carbocycles. The summed E-state index contributed by atoms with van der Waals surface area (Å²) in [7, 11) is 0. The third-order valence-corrected chi connectivity index (χ3v) is 4.56. The maximum atomic E-state index is 8.84. The highest BCUT2D eigenvalue weighted by Crippen LogP contribution is 2.36. The Kier molecular flexibility index (Phi) is 5.05.